The van der Waals surface area contributed by atoms with E-state index in [4.69, 9.17) is 0 Å². The summed E-state index contributed by atoms with van der Waals surface area (Å²) in [4.78, 5) is 18.4. The van der Waals surface area contributed by atoms with Gasteiger partial charge in [-0.2, -0.15) is 0 Å². The Balaban J connectivity index is 2.30. The lowest BCUT2D eigenvalue weighted by molar-refractivity contribution is 0.104. The Morgan fingerprint density at radius 1 is 1.50 bits per heavy atom. The van der Waals surface area contributed by atoms with E-state index in [0.717, 1.165) is 15.0 Å². The molecule has 2 aromatic heterocycles. The second-order valence-electron chi connectivity index (χ2n) is 3.67. The second-order valence-corrected chi connectivity index (χ2v) is 4.75. The van der Waals surface area contributed by atoms with Gasteiger partial charge in [0, 0.05) is 38.8 Å². The van der Waals surface area contributed by atoms with Gasteiger partial charge in [-0.15, -0.1) is 11.3 Å². The number of thiophene rings is 1. The molecule has 16 heavy (non-hydrogen) atoms. The Hall–Kier alpha value is -1.68. The average molecular weight is 232 g/mol. The highest BCUT2D eigenvalue weighted by atomic mass is 32.1. The van der Waals surface area contributed by atoms with Crippen molar-refractivity contribution in [2.75, 3.05) is 14.1 Å². The summed E-state index contributed by atoms with van der Waals surface area (Å²) in [6, 6.07) is 3.82. The third kappa shape index (κ3) is 2.28. The topological polar surface area (TPSA) is 33.2 Å². The SMILES string of the molecule is CN(C)/C=C/C(=O)c1cc2ccncc2s1. The number of hydrogen-bond donors (Lipinski definition) is 0. The maximum atomic E-state index is 11.8. The van der Waals surface area contributed by atoms with Crippen molar-refractivity contribution in [3.63, 3.8) is 0 Å². The van der Waals surface area contributed by atoms with Gasteiger partial charge in [-0.25, -0.2) is 0 Å². The fourth-order valence-electron chi connectivity index (χ4n) is 1.30. The minimum Gasteiger partial charge on any atom is -0.383 e. The molecule has 3 nitrogen and oxygen atoms in total. The van der Waals surface area contributed by atoms with Gasteiger partial charge in [0.2, 0.25) is 0 Å². The van der Waals surface area contributed by atoms with E-state index < -0.39 is 0 Å². The highest BCUT2D eigenvalue weighted by Crippen LogP contribution is 2.24. The molecule has 0 fully saturated rings. The molecule has 0 bridgehead atoms. The van der Waals surface area contributed by atoms with E-state index in [1.807, 2.05) is 31.1 Å². The van der Waals surface area contributed by atoms with Crippen LogP contribution in [-0.4, -0.2) is 29.8 Å². The molecule has 0 aliphatic carbocycles. The second kappa shape index (κ2) is 4.45. The van der Waals surface area contributed by atoms with Crippen LogP contribution in [0.2, 0.25) is 0 Å². The van der Waals surface area contributed by atoms with Gasteiger partial charge in [0.05, 0.1) is 9.58 Å². The molecular weight excluding hydrogens is 220 g/mol. The molecule has 0 unspecified atom stereocenters. The van der Waals surface area contributed by atoms with Gasteiger partial charge in [-0.05, 0) is 17.5 Å². The van der Waals surface area contributed by atoms with E-state index in [9.17, 15) is 4.79 Å². The fourth-order valence-corrected chi connectivity index (χ4v) is 2.25. The van der Waals surface area contributed by atoms with Gasteiger partial charge < -0.3 is 4.90 Å². The maximum absolute atomic E-state index is 11.8. The molecule has 4 heteroatoms. The van der Waals surface area contributed by atoms with Crippen LogP contribution >= 0.6 is 11.3 Å². The summed E-state index contributed by atoms with van der Waals surface area (Å²) < 4.78 is 1.05. The number of allylic oxidation sites excluding steroid dienone is 1. The van der Waals surface area contributed by atoms with Crippen molar-refractivity contribution < 1.29 is 4.79 Å². The van der Waals surface area contributed by atoms with Crippen LogP contribution in [-0.2, 0) is 0 Å². The van der Waals surface area contributed by atoms with Crippen molar-refractivity contribution in [2.24, 2.45) is 0 Å². The van der Waals surface area contributed by atoms with E-state index in [1.165, 1.54) is 11.3 Å². The summed E-state index contributed by atoms with van der Waals surface area (Å²) in [6.45, 7) is 0. The number of ketones is 1. The standard InChI is InChI=1S/C12H12N2OS/c1-14(2)6-4-10(15)11-7-9-3-5-13-8-12(9)16-11/h3-8H,1-2H3/b6-4+. The Labute approximate surface area is 98.0 Å². The summed E-state index contributed by atoms with van der Waals surface area (Å²) in [5.74, 6) is 0.0369. The molecule has 0 N–H and O–H groups in total. The third-order valence-electron chi connectivity index (χ3n) is 2.09. The van der Waals surface area contributed by atoms with Gasteiger partial charge in [-0.1, -0.05) is 0 Å². The molecule has 0 aromatic carbocycles. The molecule has 0 atom stereocenters. The van der Waals surface area contributed by atoms with Crippen LogP contribution < -0.4 is 0 Å². The zero-order valence-electron chi connectivity index (χ0n) is 9.18. The van der Waals surface area contributed by atoms with E-state index in [2.05, 4.69) is 4.98 Å². The monoisotopic (exact) mass is 232 g/mol. The van der Waals surface area contributed by atoms with E-state index in [1.54, 1.807) is 24.7 Å². The van der Waals surface area contributed by atoms with Gasteiger partial charge >= 0.3 is 0 Å². The Morgan fingerprint density at radius 2 is 2.31 bits per heavy atom. The Morgan fingerprint density at radius 3 is 3.00 bits per heavy atom. The fraction of sp³-hybridized carbons (Fsp3) is 0.167. The minimum atomic E-state index is 0.0369. The zero-order valence-corrected chi connectivity index (χ0v) is 9.99. The molecule has 82 valence electrons. The van der Waals surface area contributed by atoms with Gasteiger partial charge in [0.25, 0.3) is 0 Å². The van der Waals surface area contributed by atoms with E-state index >= 15 is 0 Å². The van der Waals surface area contributed by atoms with Crippen molar-refractivity contribution in [1.29, 1.82) is 0 Å². The first-order chi connectivity index (χ1) is 7.66. The molecule has 0 saturated heterocycles. The van der Waals surface area contributed by atoms with Crippen LogP contribution in [0, 0.1) is 0 Å². The summed E-state index contributed by atoms with van der Waals surface area (Å²) in [7, 11) is 3.78. The van der Waals surface area contributed by atoms with Crippen molar-refractivity contribution in [3.05, 3.63) is 41.7 Å². The molecule has 2 rings (SSSR count). The minimum absolute atomic E-state index is 0.0369. The molecule has 0 radical (unpaired) electrons. The number of carbonyl (C=O) groups excluding carboxylic acids is 1. The molecule has 0 saturated carbocycles. The summed E-state index contributed by atoms with van der Waals surface area (Å²) in [5, 5.41) is 1.07. The highest BCUT2D eigenvalue weighted by Gasteiger charge is 2.07. The van der Waals surface area contributed by atoms with Crippen LogP contribution in [0.1, 0.15) is 9.67 Å². The van der Waals surface area contributed by atoms with Crippen LogP contribution in [0.4, 0.5) is 0 Å². The number of fused-ring (bicyclic) bond motifs is 1. The number of rotatable bonds is 3. The first-order valence-corrected chi connectivity index (χ1v) is 5.71. The van der Waals surface area contributed by atoms with Crippen molar-refractivity contribution in [1.82, 2.24) is 9.88 Å². The molecular formula is C12H12N2OS. The quantitative estimate of drug-likeness (QED) is 0.602. The van der Waals surface area contributed by atoms with Crippen LogP contribution in [0.25, 0.3) is 10.1 Å². The zero-order chi connectivity index (χ0) is 11.5. The molecule has 0 spiro atoms. The first kappa shape index (κ1) is 10.8. The molecule has 0 aliphatic heterocycles. The normalized spacial score (nSPS) is 11.1. The lowest BCUT2D eigenvalue weighted by Crippen LogP contribution is -2.02. The number of carbonyl (C=O) groups is 1. The first-order valence-electron chi connectivity index (χ1n) is 4.89. The van der Waals surface area contributed by atoms with Crippen molar-refractivity contribution in [2.45, 2.75) is 0 Å². The number of pyridine rings is 1. The summed E-state index contributed by atoms with van der Waals surface area (Å²) >= 11 is 1.48. The van der Waals surface area contributed by atoms with Gasteiger partial charge in [0.15, 0.2) is 5.78 Å². The van der Waals surface area contributed by atoms with Crippen molar-refractivity contribution in [3.8, 4) is 0 Å². The highest BCUT2D eigenvalue weighted by molar-refractivity contribution is 7.20. The lowest BCUT2D eigenvalue weighted by Gasteiger charge is -2.01. The smallest absolute Gasteiger partial charge is 0.197 e. The van der Waals surface area contributed by atoms with Crippen LogP contribution in [0.5, 0.6) is 0 Å². The summed E-state index contributed by atoms with van der Waals surface area (Å²) in [5.41, 5.74) is 0. The number of hydrogen-bond acceptors (Lipinski definition) is 4. The molecule has 2 heterocycles. The lowest BCUT2D eigenvalue weighted by atomic mass is 10.2. The number of nitrogens with zero attached hydrogens (tertiary/aromatic N) is 2. The number of aromatic nitrogens is 1. The average Bonchev–Trinajstić information content (AvgIpc) is 2.69. The van der Waals surface area contributed by atoms with Crippen LogP contribution in [0.3, 0.4) is 0 Å². The van der Waals surface area contributed by atoms with Crippen molar-refractivity contribution >= 4 is 27.2 Å². The maximum Gasteiger partial charge on any atom is 0.197 e. The van der Waals surface area contributed by atoms with E-state index in [0.29, 0.717) is 0 Å². The van der Waals surface area contributed by atoms with Gasteiger partial charge in [-0.3, -0.25) is 9.78 Å². The third-order valence-corrected chi connectivity index (χ3v) is 3.19. The molecule has 2 aromatic rings. The van der Waals surface area contributed by atoms with Gasteiger partial charge in [0.1, 0.15) is 0 Å². The Bertz CT molecular complexity index is 510. The predicted octanol–water partition coefficient (Wildman–Crippen LogP) is 2.55. The Kier molecular flexibility index (Phi) is 3.01. The van der Waals surface area contributed by atoms with Crippen LogP contribution in [0.15, 0.2) is 36.8 Å². The van der Waals surface area contributed by atoms with E-state index in [-0.39, 0.29) is 5.78 Å². The predicted molar refractivity (Wildman–Crippen MR) is 66.8 cm³/mol. The largest absolute Gasteiger partial charge is 0.383 e. The molecule has 0 amide bonds. The molecule has 0 aliphatic rings. The summed E-state index contributed by atoms with van der Waals surface area (Å²) in [6.07, 6.45) is 6.86.